The third kappa shape index (κ3) is 2.98. The van der Waals surface area contributed by atoms with Gasteiger partial charge >= 0.3 is 0 Å². The van der Waals surface area contributed by atoms with E-state index in [0.717, 1.165) is 17.3 Å². The number of benzene rings is 1. The Kier molecular flexibility index (Phi) is 3.69. The average molecular weight is 321 g/mol. The number of hydrogen-bond donors (Lipinski definition) is 1. The number of rotatable bonds is 4. The number of nitriles is 1. The van der Waals surface area contributed by atoms with Gasteiger partial charge in [0.15, 0.2) is 0 Å². The van der Waals surface area contributed by atoms with Gasteiger partial charge in [-0.2, -0.15) is 5.26 Å². The van der Waals surface area contributed by atoms with Gasteiger partial charge in [-0.1, -0.05) is 28.1 Å². The van der Waals surface area contributed by atoms with Gasteiger partial charge in [0, 0.05) is 16.4 Å². The SMILES string of the molecule is CC(C)(C#N)C(=O)NCC1(c2cccc(Br)c2)CC1. The molecule has 1 fully saturated rings. The fourth-order valence-electron chi connectivity index (χ4n) is 2.06. The third-order valence-electron chi connectivity index (χ3n) is 3.73. The number of carbonyl (C=O) groups excluding carboxylic acids is 1. The van der Waals surface area contributed by atoms with Crippen molar-refractivity contribution in [2.24, 2.45) is 5.41 Å². The molecular weight excluding hydrogens is 304 g/mol. The van der Waals surface area contributed by atoms with Crippen LogP contribution in [0.2, 0.25) is 0 Å². The Morgan fingerprint density at radius 1 is 1.53 bits per heavy atom. The zero-order valence-corrected chi connectivity index (χ0v) is 12.8. The van der Waals surface area contributed by atoms with Gasteiger partial charge in [-0.3, -0.25) is 4.79 Å². The molecule has 19 heavy (non-hydrogen) atoms. The molecule has 1 aromatic rings. The molecule has 0 unspecified atom stereocenters. The Hall–Kier alpha value is -1.34. The summed E-state index contributed by atoms with van der Waals surface area (Å²) in [5.41, 5.74) is 0.343. The molecule has 1 saturated carbocycles. The topological polar surface area (TPSA) is 52.9 Å². The molecule has 0 radical (unpaired) electrons. The average Bonchev–Trinajstić information content (AvgIpc) is 3.17. The lowest BCUT2D eigenvalue weighted by Crippen LogP contribution is -2.40. The van der Waals surface area contributed by atoms with E-state index in [1.54, 1.807) is 13.8 Å². The minimum atomic E-state index is -0.965. The summed E-state index contributed by atoms with van der Waals surface area (Å²) >= 11 is 3.47. The molecule has 0 saturated heterocycles. The highest BCUT2D eigenvalue weighted by Crippen LogP contribution is 2.48. The highest BCUT2D eigenvalue weighted by Gasteiger charge is 2.45. The van der Waals surface area contributed by atoms with Crippen molar-refractivity contribution in [3.63, 3.8) is 0 Å². The molecule has 3 nitrogen and oxygen atoms in total. The van der Waals surface area contributed by atoms with Gasteiger partial charge in [0.05, 0.1) is 6.07 Å². The first-order valence-corrected chi connectivity index (χ1v) is 7.15. The lowest BCUT2D eigenvalue weighted by Gasteiger charge is -2.20. The molecule has 1 aliphatic rings. The van der Waals surface area contributed by atoms with Gasteiger partial charge in [0.2, 0.25) is 5.91 Å². The summed E-state index contributed by atoms with van der Waals surface area (Å²) in [4.78, 5) is 11.9. The van der Waals surface area contributed by atoms with Crippen LogP contribution in [0.5, 0.6) is 0 Å². The Morgan fingerprint density at radius 2 is 2.21 bits per heavy atom. The molecule has 100 valence electrons. The van der Waals surface area contributed by atoms with E-state index < -0.39 is 5.41 Å². The lowest BCUT2D eigenvalue weighted by molar-refractivity contribution is -0.126. The summed E-state index contributed by atoms with van der Waals surface area (Å²) < 4.78 is 1.06. The molecular formula is C15H17BrN2O. The zero-order valence-electron chi connectivity index (χ0n) is 11.2. The number of hydrogen-bond acceptors (Lipinski definition) is 2. The smallest absolute Gasteiger partial charge is 0.239 e. The number of halogens is 1. The fourth-order valence-corrected chi connectivity index (χ4v) is 2.46. The van der Waals surface area contributed by atoms with Crippen LogP contribution in [-0.4, -0.2) is 12.5 Å². The van der Waals surface area contributed by atoms with Gasteiger partial charge in [-0.15, -0.1) is 0 Å². The molecule has 0 spiro atoms. The van der Waals surface area contributed by atoms with Crippen LogP contribution in [0.1, 0.15) is 32.3 Å². The third-order valence-corrected chi connectivity index (χ3v) is 4.22. The molecule has 1 amide bonds. The molecule has 0 bridgehead atoms. The van der Waals surface area contributed by atoms with E-state index in [4.69, 9.17) is 5.26 Å². The van der Waals surface area contributed by atoms with E-state index >= 15 is 0 Å². The van der Waals surface area contributed by atoms with Gasteiger partial charge in [0.1, 0.15) is 5.41 Å². The molecule has 1 aliphatic carbocycles. The number of nitrogens with one attached hydrogen (secondary N) is 1. The van der Waals surface area contributed by atoms with Crippen molar-refractivity contribution in [2.45, 2.75) is 32.1 Å². The van der Waals surface area contributed by atoms with E-state index in [1.807, 2.05) is 18.2 Å². The Labute approximate surface area is 122 Å². The maximum atomic E-state index is 11.9. The number of amides is 1. The molecule has 1 N–H and O–H groups in total. The normalized spacial score (nSPS) is 16.5. The van der Waals surface area contributed by atoms with Gasteiger partial charge in [-0.25, -0.2) is 0 Å². The second kappa shape index (κ2) is 4.97. The highest BCUT2D eigenvalue weighted by atomic mass is 79.9. The minimum absolute atomic E-state index is 0.0605. The summed E-state index contributed by atoms with van der Waals surface area (Å²) in [5, 5.41) is 11.9. The van der Waals surface area contributed by atoms with E-state index in [-0.39, 0.29) is 11.3 Å². The van der Waals surface area contributed by atoms with Crippen LogP contribution in [0.4, 0.5) is 0 Å². The predicted molar refractivity (Wildman–Crippen MR) is 77.5 cm³/mol. The van der Waals surface area contributed by atoms with Crippen LogP contribution < -0.4 is 5.32 Å². The highest BCUT2D eigenvalue weighted by molar-refractivity contribution is 9.10. The maximum Gasteiger partial charge on any atom is 0.239 e. The van der Waals surface area contributed by atoms with E-state index in [2.05, 4.69) is 33.4 Å². The monoisotopic (exact) mass is 320 g/mol. The molecule has 0 atom stereocenters. The van der Waals surface area contributed by atoms with Crippen molar-refractivity contribution in [2.75, 3.05) is 6.54 Å². The van der Waals surface area contributed by atoms with Crippen LogP contribution in [-0.2, 0) is 10.2 Å². The van der Waals surface area contributed by atoms with Crippen LogP contribution >= 0.6 is 15.9 Å². The van der Waals surface area contributed by atoms with Crippen molar-refractivity contribution >= 4 is 21.8 Å². The van der Waals surface area contributed by atoms with Gasteiger partial charge in [-0.05, 0) is 44.4 Å². The van der Waals surface area contributed by atoms with Crippen LogP contribution in [0.25, 0.3) is 0 Å². The first kappa shape index (κ1) is 14.1. The summed E-state index contributed by atoms with van der Waals surface area (Å²) in [5.74, 6) is -0.198. The second-order valence-electron chi connectivity index (χ2n) is 5.71. The summed E-state index contributed by atoms with van der Waals surface area (Å²) in [7, 11) is 0. The van der Waals surface area contributed by atoms with Crippen LogP contribution in [0.15, 0.2) is 28.7 Å². The molecule has 1 aromatic carbocycles. The van der Waals surface area contributed by atoms with Crippen molar-refractivity contribution in [1.82, 2.24) is 5.32 Å². The lowest BCUT2D eigenvalue weighted by atomic mass is 9.92. The van der Waals surface area contributed by atoms with Crippen LogP contribution in [0.3, 0.4) is 0 Å². The van der Waals surface area contributed by atoms with Gasteiger partial charge in [0.25, 0.3) is 0 Å². The van der Waals surface area contributed by atoms with Crippen LogP contribution in [0, 0.1) is 16.7 Å². The van der Waals surface area contributed by atoms with E-state index in [0.29, 0.717) is 6.54 Å². The van der Waals surface area contributed by atoms with Crippen molar-refractivity contribution in [3.05, 3.63) is 34.3 Å². The van der Waals surface area contributed by atoms with Crippen molar-refractivity contribution in [3.8, 4) is 6.07 Å². The first-order valence-electron chi connectivity index (χ1n) is 6.35. The number of nitrogens with zero attached hydrogens (tertiary/aromatic N) is 1. The largest absolute Gasteiger partial charge is 0.354 e. The maximum absolute atomic E-state index is 11.9. The molecule has 0 aliphatic heterocycles. The molecule has 4 heteroatoms. The Bertz CT molecular complexity index is 541. The fraction of sp³-hybridized carbons (Fsp3) is 0.467. The summed E-state index contributed by atoms with van der Waals surface area (Å²) in [6, 6.07) is 10.2. The predicted octanol–water partition coefficient (Wildman–Crippen LogP) is 3.15. The molecule has 2 rings (SSSR count). The molecule has 0 aromatic heterocycles. The summed E-state index contributed by atoms with van der Waals surface area (Å²) in [6.45, 7) is 3.88. The number of carbonyl (C=O) groups is 1. The van der Waals surface area contributed by atoms with E-state index in [9.17, 15) is 4.79 Å². The van der Waals surface area contributed by atoms with Gasteiger partial charge < -0.3 is 5.32 Å². The summed E-state index contributed by atoms with van der Waals surface area (Å²) in [6.07, 6.45) is 2.16. The Balaban J connectivity index is 2.04. The van der Waals surface area contributed by atoms with Crippen molar-refractivity contribution in [1.29, 1.82) is 5.26 Å². The quantitative estimate of drug-likeness (QED) is 0.926. The first-order chi connectivity index (χ1) is 8.89. The Morgan fingerprint density at radius 3 is 2.74 bits per heavy atom. The standard InChI is InChI=1S/C15H17BrN2O/c1-14(2,9-17)13(19)18-10-15(6-7-15)11-4-3-5-12(16)8-11/h3-5,8H,6-7,10H2,1-2H3,(H,18,19). The second-order valence-corrected chi connectivity index (χ2v) is 6.63. The van der Waals surface area contributed by atoms with E-state index in [1.165, 1.54) is 5.56 Å². The zero-order chi connectivity index (χ0) is 14.1. The minimum Gasteiger partial charge on any atom is -0.354 e. The van der Waals surface area contributed by atoms with Crippen molar-refractivity contribution < 1.29 is 4.79 Å². The molecule has 0 heterocycles.